The summed E-state index contributed by atoms with van der Waals surface area (Å²) in [5, 5.41) is 3.56. The van der Waals surface area contributed by atoms with Gasteiger partial charge in [-0.25, -0.2) is 4.39 Å². The average molecular weight is 319 g/mol. The number of rotatable bonds is 4. The maximum atomic E-state index is 14.6. The maximum Gasteiger partial charge on any atom is 0.148 e. The van der Waals surface area contributed by atoms with Crippen molar-refractivity contribution in [2.45, 2.75) is 24.8 Å². The lowest BCUT2D eigenvalue weighted by Gasteiger charge is -2.30. The van der Waals surface area contributed by atoms with Crippen LogP contribution in [0.5, 0.6) is 0 Å². The summed E-state index contributed by atoms with van der Waals surface area (Å²) in [4.78, 5) is 6.79. The van der Waals surface area contributed by atoms with Crippen LogP contribution < -0.4 is 9.80 Å². The van der Waals surface area contributed by atoms with Crippen LogP contribution in [0.25, 0.3) is 10.4 Å². The van der Waals surface area contributed by atoms with Gasteiger partial charge in [0.1, 0.15) is 12.0 Å². The third-order valence-corrected chi connectivity index (χ3v) is 4.76. The van der Waals surface area contributed by atoms with Crippen LogP contribution in [0.3, 0.4) is 0 Å². The molecule has 0 amide bonds. The van der Waals surface area contributed by atoms with E-state index in [2.05, 4.69) is 14.9 Å². The minimum Gasteiger partial charge on any atom is -0.374 e. The highest BCUT2D eigenvalue weighted by molar-refractivity contribution is 5.59. The van der Waals surface area contributed by atoms with Gasteiger partial charge in [0, 0.05) is 23.7 Å². The molecule has 2 bridgehead atoms. The lowest BCUT2D eigenvalue weighted by molar-refractivity contribution is 0.0989. The van der Waals surface area contributed by atoms with Crippen molar-refractivity contribution >= 4 is 11.4 Å². The van der Waals surface area contributed by atoms with E-state index in [1.807, 2.05) is 17.0 Å². The zero-order valence-electron chi connectivity index (χ0n) is 12.6. The molecule has 3 aliphatic rings. The van der Waals surface area contributed by atoms with Gasteiger partial charge in [0.25, 0.3) is 0 Å². The highest BCUT2D eigenvalue weighted by atomic mass is 19.1. The van der Waals surface area contributed by atoms with Gasteiger partial charge in [-0.15, -0.1) is 0 Å². The van der Waals surface area contributed by atoms with E-state index in [0.29, 0.717) is 25.4 Å². The summed E-state index contributed by atoms with van der Waals surface area (Å²) >= 11 is 0. The van der Waals surface area contributed by atoms with Crippen molar-refractivity contribution in [3.05, 3.63) is 34.5 Å². The number of hydrogen-bond acceptors (Lipinski definition) is 5. The number of fused-ring (bicyclic) bond motifs is 2. The first-order valence-electron chi connectivity index (χ1n) is 7.83. The van der Waals surface area contributed by atoms with E-state index in [4.69, 9.17) is 15.0 Å². The highest BCUT2D eigenvalue weighted by Crippen LogP contribution is 2.35. The Balaban J connectivity index is 1.54. The van der Waals surface area contributed by atoms with Crippen molar-refractivity contribution in [3.63, 3.8) is 0 Å². The molecule has 3 heterocycles. The molecule has 0 aliphatic carbocycles. The van der Waals surface area contributed by atoms with Gasteiger partial charge in [-0.3, -0.25) is 0 Å². The van der Waals surface area contributed by atoms with E-state index in [-0.39, 0.29) is 30.7 Å². The normalized spacial score (nSPS) is 29.2. The second-order valence-corrected chi connectivity index (χ2v) is 6.07. The van der Waals surface area contributed by atoms with Gasteiger partial charge in [-0.1, -0.05) is 5.11 Å². The zero-order valence-corrected chi connectivity index (χ0v) is 12.6. The molecular weight excluding hydrogens is 301 g/mol. The minimum atomic E-state index is -0.327. The monoisotopic (exact) mass is 319 g/mol. The molecule has 0 radical (unpaired) electrons. The fraction of sp³-hybridized carbons (Fsp3) is 0.600. The van der Waals surface area contributed by atoms with E-state index < -0.39 is 0 Å². The van der Waals surface area contributed by atoms with Crippen LogP contribution in [0.15, 0.2) is 23.3 Å². The summed E-state index contributed by atoms with van der Waals surface area (Å²) < 4.78 is 25.7. The maximum absolute atomic E-state index is 14.6. The van der Waals surface area contributed by atoms with E-state index in [1.165, 1.54) is 0 Å². The first-order chi connectivity index (χ1) is 11.3. The number of hydrogen-bond donors (Lipinski definition) is 0. The van der Waals surface area contributed by atoms with Crippen molar-refractivity contribution in [1.82, 2.24) is 0 Å². The van der Waals surface area contributed by atoms with E-state index in [0.717, 1.165) is 18.7 Å². The molecule has 0 unspecified atom stereocenters. The third kappa shape index (κ3) is 2.59. The zero-order chi connectivity index (χ0) is 15.8. The van der Waals surface area contributed by atoms with E-state index in [9.17, 15) is 4.39 Å². The number of anilines is 2. The van der Waals surface area contributed by atoms with Crippen LogP contribution in [0.1, 0.15) is 6.42 Å². The smallest absolute Gasteiger partial charge is 0.148 e. The molecule has 7 nitrogen and oxygen atoms in total. The fourth-order valence-corrected chi connectivity index (χ4v) is 3.68. The Labute approximate surface area is 133 Å². The van der Waals surface area contributed by atoms with Gasteiger partial charge in [0.15, 0.2) is 0 Å². The van der Waals surface area contributed by atoms with Crippen LogP contribution >= 0.6 is 0 Å². The molecule has 3 atom stereocenters. The van der Waals surface area contributed by atoms with Gasteiger partial charge in [0.05, 0.1) is 37.6 Å². The molecule has 3 fully saturated rings. The third-order valence-electron chi connectivity index (χ3n) is 4.76. The van der Waals surface area contributed by atoms with Crippen LogP contribution in [0.2, 0.25) is 0 Å². The predicted octanol–water partition coefficient (Wildman–Crippen LogP) is 2.28. The molecule has 0 saturated carbocycles. The van der Waals surface area contributed by atoms with Crippen molar-refractivity contribution in [2.24, 2.45) is 5.11 Å². The predicted molar refractivity (Wildman–Crippen MR) is 83.0 cm³/mol. The molecule has 3 aliphatic heterocycles. The standard InChI is InChI=1S/C15H18FN5O2/c16-13-6-10(20-3-4-22-15(20)7-18-19-17)1-2-14(13)21-8-12-5-11(21)9-23-12/h1-2,6,11-12,15H,3-5,7-9H2/t11-,12-,15+/m0/s1. The second kappa shape index (κ2) is 5.88. The van der Waals surface area contributed by atoms with E-state index >= 15 is 0 Å². The first kappa shape index (κ1) is 14.6. The first-order valence-corrected chi connectivity index (χ1v) is 7.83. The summed E-state index contributed by atoms with van der Waals surface area (Å²) in [5.74, 6) is -0.232. The molecule has 0 aromatic heterocycles. The van der Waals surface area contributed by atoms with E-state index in [1.54, 1.807) is 6.07 Å². The van der Waals surface area contributed by atoms with Crippen molar-refractivity contribution in [1.29, 1.82) is 0 Å². The topological polar surface area (TPSA) is 73.7 Å². The molecule has 0 N–H and O–H groups in total. The molecule has 122 valence electrons. The highest BCUT2D eigenvalue weighted by Gasteiger charge is 2.40. The Morgan fingerprint density at radius 1 is 1.35 bits per heavy atom. The Hall–Kier alpha value is -2.02. The van der Waals surface area contributed by atoms with Crippen molar-refractivity contribution in [3.8, 4) is 0 Å². The molecule has 1 aromatic rings. The largest absolute Gasteiger partial charge is 0.374 e. The summed E-state index contributed by atoms with van der Waals surface area (Å²) in [7, 11) is 0. The summed E-state index contributed by atoms with van der Waals surface area (Å²) in [6.07, 6.45) is 0.890. The molecular formula is C15H18FN5O2. The van der Waals surface area contributed by atoms with Crippen molar-refractivity contribution < 1.29 is 13.9 Å². The Kier molecular flexibility index (Phi) is 3.72. The minimum absolute atomic E-state index is 0.215. The summed E-state index contributed by atoms with van der Waals surface area (Å²) in [6.45, 7) is 2.86. The molecule has 4 rings (SSSR count). The Morgan fingerprint density at radius 2 is 2.26 bits per heavy atom. The average Bonchev–Trinajstić information content (AvgIpc) is 3.29. The number of halogens is 1. The van der Waals surface area contributed by atoms with Gasteiger partial charge in [0.2, 0.25) is 0 Å². The molecule has 23 heavy (non-hydrogen) atoms. The fourth-order valence-electron chi connectivity index (χ4n) is 3.68. The van der Waals surface area contributed by atoms with Crippen LogP contribution in [-0.4, -0.2) is 51.2 Å². The van der Waals surface area contributed by atoms with Crippen molar-refractivity contribution in [2.75, 3.05) is 42.6 Å². The summed E-state index contributed by atoms with van der Waals surface area (Å²) in [5.41, 5.74) is 9.83. The van der Waals surface area contributed by atoms with Gasteiger partial charge in [-0.05, 0) is 30.2 Å². The van der Waals surface area contributed by atoms with Crippen LogP contribution in [-0.2, 0) is 9.47 Å². The Morgan fingerprint density at radius 3 is 2.96 bits per heavy atom. The number of azide groups is 1. The quantitative estimate of drug-likeness (QED) is 0.485. The van der Waals surface area contributed by atoms with Gasteiger partial charge < -0.3 is 19.3 Å². The lowest BCUT2D eigenvalue weighted by Crippen LogP contribution is -2.37. The molecule has 1 aromatic carbocycles. The number of morpholine rings is 1. The number of benzene rings is 1. The van der Waals surface area contributed by atoms with Crippen LogP contribution in [0, 0.1) is 5.82 Å². The van der Waals surface area contributed by atoms with Gasteiger partial charge >= 0.3 is 0 Å². The lowest BCUT2D eigenvalue weighted by atomic mass is 10.2. The molecule has 0 spiro atoms. The summed E-state index contributed by atoms with van der Waals surface area (Å²) in [6, 6.07) is 5.56. The number of nitrogens with zero attached hydrogens (tertiary/aromatic N) is 5. The van der Waals surface area contributed by atoms with Crippen LogP contribution in [0.4, 0.5) is 15.8 Å². The Bertz CT molecular complexity index is 651. The molecule has 3 saturated heterocycles. The molecule has 8 heteroatoms. The SMILES string of the molecule is [N-]=[N+]=NC[C@H]1OCCN1c1ccc(N2C[C@@H]3C[C@H]2CO3)c(F)c1. The van der Waals surface area contributed by atoms with Gasteiger partial charge in [-0.2, -0.15) is 0 Å². The number of ether oxygens (including phenoxy) is 2. The second-order valence-electron chi connectivity index (χ2n) is 6.07.